The predicted octanol–water partition coefficient (Wildman–Crippen LogP) is 5.68. The summed E-state index contributed by atoms with van der Waals surface area (Å²) in [6.45, 7) is 6.95. The summed E-state index contributed by atoms with van der Waals surface area (Å²) >= 11 is 0. The Hall–Kier alpha value is -4.81. The second kappa shape index (κ2) is 16.7. The number of amides is 2. The zero-order chi connectivity index (χ0) is 36.7. The third-order valence-electron chi connectivity index (χ3n) is 10.5. The molecule has 2 saturated heterocycles. The molecular weight excluding hydrogens is 662 g/mol. The summed E-state index contributed by atoms with van der Waals surface area (Å²) in [6.07, 6.45) is 3.66. The van der Waals surface area contributed by atoms with Crippen LogP contribution in [0.15, 0.2) is 60.7 Å². The van der Waals surface area contributed by atoms with Crippen molar-refractivity contribution >= 4 is 28.8 Å². The molecule has 1 aromatic heterocycles. The zero-order valence-electron chi connectivity index (χ0n) is 31.0. The van der Waals surface area contributed by atoms with E-state index in [2.05, 4.69) is 20.9 Å². The van der Waals surface area contributed by atoms with E-state index in [0.29, 0.717) is 61.8 Å². The third kappa shape index (κ3) is 7.83. The molecule has 3 heterocycles. The van der Waals surface area contributed by atoms with Gasteiger partial charge in [-0.15, -0.1) is 0 Å². The number of imide groups is 1. The number of methoxy groups -OCH3 is 4. The summed E-state index contributed by atoms with van der Waals surface area (Å²) in [7, 11) is 6.17. The molecule has 2 fully saturated rings. The maximum Gasteiger partial charge on any atom is 0.260 e. The van der Waals surface area contributed by atoms with Gasteiger partial charge in [-0.1, -0.05) is 24.3 Å². The van der Waals surface area contributed by atoms with Gasteiger partial charge in [0.1, 0.15) is 5.75 Å². The molecule has 1 N–H and O–H groups in total. The number of hydrogen-bond donors (Lipinski definition) is 1. The molecule has 2 aliphatic rings. The van der Waals surface area contributed by atoms with E-state index >= 15 is 0 Å². The smallest absolute Gasteiger partial charge is 0.260 e. The Bertz CT molecular complexity index is 1810. The van der Waals surface area contributed by atoms with E-state index in [1.165, 1.54) is 26.2 Å². The highest BCUT2D eigenvalue weighted by Gasteiger charge is 2.49. The predicted molar refractivity (Wildman–Crippen MR) is 200 cm³/mol. The van der Waals surface area contributed by atoms with Gasteiger partial charge in [0, 0.05) is 44.4 Å². The van der Waals surface area contributed by atoms with Crippen LogP contribution in [0.2, 0.25) is 0 Å². The molecular formula is C40H51N5O7. The highest BCUT2D eigenvalue weighted by Crippen LogP contribution is 2.42. The Morgan fingerprint density at radius 2 is 1.62 bits per heavy atom. The van der Waals surface area contributed by atoms with Crippen molar-refractivity contribution in [2.24, 2.45) is 5.41 Å². The summed E-state index contributed by atoms with van der Waals surface area (Å²) in [5.41, 5.74) is 2.68. The maximum atomic E-state index is 14.5. The molecule has 12 nitrogen and oxygen atoms in total. The summed E-state index contributed by atoms with van der Waals surface area (Å²) in [4.78, 5) is 37.2. The first-order chi connectivity index (χ1) is 25.3. The lowest BCUT2D eigenvalue weighted by Crippen LogP contribution is -2.44. The number of carbonyl (C=O) groups excluding carboxylic acids is 2. The molecule has 3 aromatic carbocycles. The number of hydrogen-bond acceptors (Lipinski definition) is 10. The Morgan fingerprint density at radius 3 is 2.27 bits per heavy atom. The standard InChI is InChI=1S/C40H51N5O7/c1-6-52-24-23-44-33-10-8-7-9-32(33)42-39(44)41-30-15-19-43(20-16-30)21-17-40(27-28-11-13-31(48-2)14-12-28)18-22-45(38(40)47)37(46)29-25-34(49-3)36(51-5)35(26-29)50-4/h7-14,25-26,30H,6,15-24,27H2,1-5H3,(H,41,42). The Labute approximate surface area is 305 Å². The van der Waals surface area contributed by atoms with E-state index in [1.54, 1.807) is 19.2 Å². The highest BCUT2D eigenvalue weighted by atomic mass is 16.5. The first-order valence-electron chi connectivity index (χ1n) is 18.1. The maximum absolute atomic E-state index is 14.5. The van der Waals surface area contributed by atoms with Crippen LogP contribution in [0, 0.1) is 5.41 Å². The van der Waals surface area contributed by atoms with E-state index in [-0.39, 0.29) is 17.9 Å². The lowest BCUT2D eigenvalue weighted by molar-refractivity contribution is -0.134. The third-order valence-corrected chi connectivity index (χ3v) is 10.5. The molecule has 52 heavy (non-hydrogen) atoms. The van der Waals surface area contributed by atoms with Gasteiger partial charge in [0.15, 0.2) is 11.5 Å². The van der Waals surface area contributed by atoms with Crippen molar-refractivity contribution in [1.29, 1.82) is 0 Å². The number of para-hydroxylation sites is 2. The molecule has 6 rings (SSSR count). The molecule has 2 amide bonds. The molecule has 0 spiro atoms. The average Bonchev–Trinajstić information content (AvgIpc) is 3.69. The van der Waals surface area contributed by atoms with Crippen LogP contribution in [0.3, 0.4) is 0 Å². The van der Waals surface area contributed by atoms with Crippen molar-refractivity contribution in [3.63, 3.8) is 0 Å². The fourth-order valence-corrected chi connectivity index (χ4v) is 7.56. The van der Waals surface area contributed by atoms with Crippen molar-refractivity contribution in [2.45, 2.75) is 51.6 Å². The lowest BCUT2D eigenvalue weighted by Gasteiger charge is -2.35. The number of nitrogens with zero attached hydrogens (tertiary/aromatic N) is 4. The second-order valence-electron chi connectivity index (χ2n) is 13.5. The van der Waals surface area contributed by atoms with Crippen molar-refractivity contribution in [2.75, 3.05) is 73.1 Å². The van der Waals surface area contributed by atoms with Crippen LogP contribution in [0.1, 0.15) is 48.5 Å². The van der Waals surface area contributed by atoms with Crippen molar-refractivity contribution < 1.29 is 33.3 Å². The van der Waals surface area contributed by atoms with Crippen molar-refractivity contribution in [3.8, 4) is 23.0 Å². The summed E-state index contributed by atoms with van der Waals surface area (Å²) < 4.78 is 29.7. The Balaban J connectivity index is 1.15. The van der Waals surface area contributed by atoms with E-state index in [0.717, 1.165) is 67.3 Å². The normalized spacial score (nSPS) is 18.2. The summed E-state index contributed by atoms with van der Waals surface area (Å²) in [6, 6.07) is 19.6. The van der Waals surface area contributed by atoms with Gasteiger partial charge in [-0.25, -0.2) is 4.98 Å². The van der Waals surface area contributed by atoms with Gasteiger partial charge in [-0.2, -0.15) is 0 Å². The number of nitrogens with one attached hydrogen (secondary N) is 1. The van der Waals surface area contributed by atoms with Crippen LogP contribution in [0.5, 0.6) is 23.0 Å². The molecule has 0 radical (unpaired) electrons. The van der Waals surface area contributed by atoms with Gasteiger partial charge < -0.3 is 38.5 Å². The SMILES string of the molecule is CCOCCn1c(NC2CCN(CCC3(Cc4ccc(OC)cc4)CCN(C(=O)c4cc(OC)c(OC)c(OC)c4)C3=O)CC2)nc2ccccc21. The Kier molecular flexibility index (Phi) is 11.9. The first kappa shape index (κ1) is 37.0. The van der Waals surface area contributed by atoms with E-state index in [4.69, 9.17) is 28.7 Å². The summed E-state index contributed by atoms with van der Waals surface area (Å²) in [5, 5.41) is 3.73. The van der Waals surface area contributed by atoms with E-state index in [9.17, 15) is 9.59 Å². The number of likely N-dealkylation sites (tertiary alicyclic amines) is 2. The number of rotatable bonds is 16. The van der Waals surface area contributed by atoms with Crippen LogP contribution in [0.25, 0.3) is 11.0 Å². The molecule has 4 aromatic rings. The quantitative estimate of drug-likeness (QED) is 0.115. The zero-order valence-corrected chi connectivity index (χ0v) is 31.0. The second-order valence-corrected chi connectivity index (χ2v) is 13.5. The number of anilines is 1. The fraction of sp³-hybridized carbons (Fsp3) is 0.475. The first-order valence-corrected chi connectivity index (χ1v) is 18.1. The Morgan fingerprint density at radius 1 is 0.904 bits per heavy atom. The number of carbonyl (C=O) groups is 2. The van der Waals surface area contributed by atoms with Crippen molar-refractivity contribution in [3.05, 3.63) is 71.8 Å². The average molecular weight is 714 g/mol. The van der Waals surface area contributed by atoms with Gasteiger partial charge in [0.2, 0.25) is 17.6 Å². The molecule has 278 valence electrons. The van der Waals surface area contributed by atoms with Crippen LogP contribution in [-0.4, -0.2) is 105 Å². The van der Waals surface area contributed by atoms with Crippen molar-refractivity contribution in [1.82, 2.24) is 19.4 Å². The van der Waals surface area contributed by atoms with Gasteiger partial charge in [-0.05, 0) is 87.5 Å². The summed E-state index contributed by atoms with van der Waals surface area (Å²) in [5.74, 6) is 2.23. The number of imidazole rings is 1. The van der Waals surface area contributed by atoms with Crippen LogP contribution >= 0.6 is 0 Å². The number of piperidine rings is 1. The topological polar surface area (TPSA) is 117 Å². The number of benzene rings is 3. The number of fused-ring (bicyclic) bond motifs is 1. The van der Waals surface area contributed by atoms with Gasteiger partial charge in [-0.3, -0.25) is 14.5 Å². The number of ether oxygens (including phenoxy) is 5. The van der Waals surface area contributed by atoms with E-state index in [1.807, 2.05) is 49.4 Å². The van der Waals surface area contributed by atoms with Gasteiger partial charge >= 0.3 is 0 Å². The molecule has 2 aliphatic heterocycles. The minimum Gasteiger partial charge on any atom is -0.497 e. The van der Waals surface area contributed by atoms with Crippen LogP contribution < -0.4 is 24.3 Å². The molecule has 1 atom stereocenters. The van der Waals surface area contributed by atoms with E-state index < -0.39 is 5.41 Å². The molecule has 0 bridgehead atoms. The lowest BCUT2D eigenvalue weighted by atomic mass is 9.77. The largest absolute Gasteiger partial charge is 0.497 e. The van der Waals surface area contributed by atoms with Crippen LogP contribution in [0.4, 0.5) is 5.95 Å². The van der Waals surface area contributed by atoms with Gasteiger partial charge in [0.05, 0.1) is 51.5 Å². The molecule has 1 unspecified atom stereocenters. The highest BCUT2D eigenvalue weighted by molar-refractivity contribution is 6.08. The molecule has 0 aliphatic carbocycles. The monoisotopic (exact) mass is 713 g/mol. The van der Waals surface area contributed by atoms with Gasteiger partial charge in [0.25, 0.3) is 5.91 Å². The minimum absolute atomic E-state index is 0.149. The molecule has 12 heteroatoms. The fourth-order valence-electron chi connectivity index (χ4n) is 7.56. The van der Waals surface area contributed by atoms with Crippen LogP contribution in [-0.2, 0) is 22.5 Å². The molecule has 0 saturated carbocycles. The number of aromatic nitrogens is 2. The minimum atomic E-state index is -0.731.